The van der Waals surface area contributed by atoms with Crippen molar-refractivity contribution in [2.45, 2.75) is 0 Å². The molecule has 5 nitrogen and oxygen atoms in total. The Hall–Kier alpha value is -3.73. The Balaban J connectivity index is 1.42. The van der Waals surface area contributed by atoms with Crippen LogP contribution >= 0.6 is 0 Å². The highest BCUT2D eigenvalue weighted by Crippen LogP contribution is 2.37. The number of carbonyl (C=O) groups excluding carboxylic acids is 1. The third-order valence-electron chi connectivity index (χ3n) is 5.97. The summed E-state index contributed by atoms with van der Waals surface area (Å²) < 4.78 is 5.52. The Labute approximate surface area is 182 Å². The number of anilines is 3. The number of benzene rings is 3. The summed E-state index contributed by atoms with van der Waals surface area (Å²) in [7, 11) is 1.70. The zero-order valence-electron chi connectivity index (χ0n) is 17.6. The number of carbonyl (C=O) groups is 1. The van der Waals surface area contributed by atoms with E-state index in [-0.39, 0.29) is 6.03 Å². The van der Waals surface area contributed by atoms with E-state index in [1.54, 1.807) is 7.11 Å². The largest absolute Gasteiger partial charge is 0.495 e. The summed E-state index contributed by atoms with van der Waals surface area (Å²) in [5, 5.41) is 0. The Bertz CT molecular complexity index is 1080. The number of hydrogen-bond donors (Lipinski definition) is 0. The second-order valence-corrected chi connectivity index (χ2v) is 7.71. The number of methoxy groups -OCH3 is 1. The number of nitrogens with zero attached hydrogens (tertiary/aromatic N) is 3. The third-order valence-corrected chi connectivity index (χ3v) is 5.97. The molecule has 5 rings (SSSR count). The number of rotatable bonds is 2. The minimum absolute atomic E-state index is 0.0169. The Kier molecular flexibility index (Phi) is 5.08. The summed E-state index contributed by atoms with van der Waals surface area (Å²) in [5.74, 6) is 0.865. The number of piperazine rings is 1. The van der Waals surface area contributed by atoms with Crippen molar-refractivity contribution in [3.05, 3.63) is 83.9 Å². The zero-order chi connectivity index (χ0) is 21.2. The molecule has 2 aliphatic rings. The molecule has 0 aromatic heterocycles. The molecule has 0 N–H and O–H groups in total. The van der Waals surface area contributed by atoms with Gasteiger partial charge in [-0.05, 0) is 35.4 Å². The molecule has 0 aliphatic carbocycles. The van der Waals surface area contributed by atoms with Crippen molar-refractivity contribution in [1.29, 1.82) is 0 Å². The van der Waals surface area contributed by atoms with Crippen LogP contribution in [0.2, 0.25) is 0 Å². The Morgan fingerprint density at radius 1 is 0.710 bits per heavy atom. The fourth-order valence-electron chi connectivity index (χ4n) is 4.35. The van der Waals surface area contributed by atoms with Crippen LogP contribution in [0.15, 0.2) is 72.8 Å². The highest BCUT2D eigenvalue weighted by atomic mass is 16.5. The Morgan fingerprint density at radius 2 is 1.23 bits per heavy atom. The average molecular weight is 412 g/mol. The van der Waals surface area contributed by atoms with E-state index < -0.39 is 0 Å². The van der Waals surface area contributed by atoms with Crippen molar-refractivity contribution in [1.82, 2.24) is 4.90 Å². The first kappa shape index (κ1) is 19.2. The second kappa shape index (κ2) is 8.19. The summed E-state index contributed by atoms with van der Waals surface area (Å²) in [4.78, 5) is 19.9. The molecular weight excluding hydrogens is 386 g/mol. The fraction of sp³-hybridized carbons (Fsp3) is 0.192. The molecule has 0 atom stereocenters. The predicted molar refractivity (Wildman–Crippen MR) is 126 cm³/mol. The molecule has 0 saturated carbocycles. The molecular formula is C26H25N3O2. The molecule has 3 aromatic rings. The van der Waals surface area contributed by atoms with Crippen LogP contribution in [0.5, 0.6) is 5.75 Å². The van der Waals surface area contributed by atoms with Gasteiger partial charge in [-0.1, -0.05) is 60.7 Å². The molecule has 0 spiro atoms. The van der Waals surface area contributed by atoms with Crippen molar-refractivity contribution >= 4 is 35.2 Å². The summed E-state index contributed by atoms with van der Waals surface area (Å²) in [6.45, 7) is 2.85. The molecule has 31 heavy (non-hydrogen) atoms. The topological polar surface area (TPSA) is 36.0 Å². The van der Waals surface area contributed by atoms with E-state index in [9.17, 15) is 4.79 Å². The molecule has 2 aliphatic heterocycles. The number of para-hydroxylation sites is 4. The van der Waals surface area contributed by atoms with E-state index in [4.69, 9.17) is 4.74 Å². The molecule has 1 fully saturated rings. The standard InChI is InChI=1S/C26H25N3O2/c1-31-25-13-7-6-12-24(25)27-16-18-28(19-17-27)26(30)29-22-10-4-2-8-20(22)14-15-21-9-3-5-11-23(21)29/h2-15H,16-19H2,1H3. The van der Waals surface area contributed by atoms with Crippen LogP contribution in [-0.4, -0.2) is 44.2 Å². The number of fused-ring (bicyclic) bond motifs is 2. The number of amides is 2. The van der Waals surface area contributed by atoms with Gasteiger partial charge in [-0.3, -0.25) is 4.90 Å². The number of hydrogen-bond acceptors (Lipinski definition) is 3. The lowest BCUT2D eigenvalue weighted by Gasteiger charge is -2.39. The number of urea groups is 1. The van der Waals surface area contributed by atoms with Gasteiger partial charge in [-0.25, -0.2) is 4.79 Å². The SMILES string of the molecule is COc1ccccc1N1CCN(C(=O)N2c3ccccc3C=Cc3ccccc32)CC1. The second-order valence-electron chi connectivity index (χ2n) is 7.71. The maximum atomic E-state index is 13.8. The van der Waals surface area contributed by atoms with Gasteiger partial charge in [0.1, 0.15) is 5.75 Å². The van der Waals surface area contributed by atoms with Gasteiger partial charge in [-0.15, -0.1) is 0 Å². The van der Waals surface area contributed by atoms with Gasteiger partial charge in [0.25, 0.3) is 0 Å². The lowest BCUT2D eigenvalue weighted by atomic mass is 10.1. The summed E-state index contributed by atoms with van der Waals surface area (Å²) >= 11 is 0. The smallest absolute Gasteiger partial charge is 0.329 e. The van der Waals surface area contributed by atoms with Crippen molar-refractivity contribution in [2.75, 3.05) is 43.1 Å². The van der Waals surface area contributed by atoms with E-state index in [0.29, 0.717) is 13.1 Å². The van der Waals surface area contributed by atoms with E-state index in [2.05, 4.69) is 35.3 Å². The van der Waals surface area contributed by atoms with Crippen molar-refractivity contribution in [2.24, 2.45) is 0 Å². The molecule has 5 heteroatoms. The summed E-state index contributed by atoms with van der Waals surface area (Å²) in [6, 6.07) is 24.2. The van der Waals surface area contributed by atoms with Gasteiger partial charge in [0.05, 0.1) is 24.2 Å². The van der Waals surface area contributed by atoms with Gasteiger partial charge in [0, 0.05) is 26.2 Å². The van der Waals surface area contributed by atoms with E-state index in [0.717, 1.165) is 47.0 Å². The minimum atomic E-state index is 0.0169. The fourth-order valence-corrected chi connectivity index (χ4v) is 4.35. The maximum Gasteiger partial charge on any atom is 0.329 e. The molecule has 156 valence electrons. The molecule has 2 heterocycles. The van der Waals surface area contributed by atoms with Crippen LogP contribution in [0.3, 0.4) is 0 Å². The quantitative estimate of drug-likeness (QED) is 0.577. The normalized spacial score (nSPS) is 15.2. The van der Waals surface area contributed by atoms with Gasteiger partial charge in [-0.2, -0.15) is 0 Å². The summed E-state index contributed by atoms with van der Waals surface area (Å²) in [5.41, 5.74) is 4.99. The minimum Gasteiger partial charge on any atom is -0.495 e. The molecule has 2 amide bonds. The van der Waals surface area contributed by atoms with E-state index in [1.165, 1.54) is 0 Å². The third kappa shape index (κ3) is 3.52. The maximum absolute atomic E-state index is 13.8. The van der Waals surface area contributed by atoms with Crippen LogP contribution in [-0.2, 0) is 0 Å². The van der Waals surface area contributed by atoms with Gasteiger partial charge >= 0.3 is 6.03 Å². The van der Waals surface area contributed by atoms with Crippen molar-refractivity contribution < 1.29 is 9.53 Å². The molecule has 1 saturated heterocycles. The van der Waals surface area contributed by atoms with Crippen LogP contribution in [0.4, 0.5) is 21.9 Å². The van der Waals surface area contributed by atoms with Gasteiger partial charge in [0.2, 0.25) is 0 Å². The molecule has 0 radical (unpaired) electrons. The molecule has 0 bridgehead atoms. The average Bonchev–Trinajstić information content (AvgIpc) is 3.00. The highest BCUT2D eigenvalue weighted by Gasteiger charge is 2.30. The van der Waals surface area contributed by atoms with Crippen LogP contribution in [0, 0.1) is 0 Å². The van der Waals surface area contributed by atoms with Crippen molar-refractivity contribution in [3.8, 4) is 5.75 Å². The van der Waals surface area contributed by atoms with Gasteiger partial charge in [0.15, 0.2) is 0 Å². The van der Waals surface area contributed by atoms with E-state index in [1.807, 2.05) is 64.4 Å². The lowest BCUT2D eigenvalue weighted by molar-refractivity contribution is 0.203. The highest BCUT2D eigenvalue weighted by molar-refractivity contribution is 6.05. The zero-order valence-corrected chi connectivity index (χ0v) is 17.6. The van der Waals surface area contributed by atoms with Crippen LogP contribution < -0.4 is 14.5 Å². The first-order valence-electron chi connectivity index (χ1n) is 10.6. The first-order valence-corrected chi connectivity index (χ1v) is 10.6. The first-order chi connectivity index (χ1) is 15.3. The lowest BCUT2D eigenvalue weighted by Crippen LogP contribution is -2.52. The summed E-state index contributed by atoms with van der Waals surface area (Å²) in [6.07, 6.45) is 4.17. The monoisotopic (exact) mass is 411 g/mol. The van der Waals surface area contributed by atoms with Crippen LogP contribution in [0.1, 0.15) is 11.1 Å². The van der Waals surface area contributed by atoms with Crippen molar-refractivity contribution in [3.63, 3.8) is 0 Å². The van der Waals surface area contributed by atoms with Gasteiger partial charge < -0.3 is 14.5 Å². The Morgan fingerprint density at radius 3 is 1.81 bits per heavy atom. The molecule has 0 unspecified atom stereocenters. The predicted octanol–water partition coefficient (Wildman–Crippen LogP) is 5.26. The molecule has 3 aromatic carbocycles. The van der Waals surface area contributed by atoms with E-state index >= 15 is 0 Å². The number of ether oxygens (including phenoxy) is 1. The van der Waals surface area contributed by atoms with Crippen LogP contribution in [0.25, 0.3) is 12.2 Å².